The number of aryl methyl sites for hydroxylation is 2. The van der Waals surface area contributed by atoms with Crippen LogP contribution in [-0.2, 0) is 10.0 Å². The molecular formula is C18H21N5O4S2. The van der Waals surface area contributed by atoms with E-state index in [2.05, 4.69) is 27.5 Å². The maximum absolute atomic E-state index is 13.0. The van der Waals surface area contributed by atoms with Crippen LogP contribution in [-0.4, -0.2) is 25.0 Å². The highest BCUT2D eigenvalue weighted by Gasteiger charge is 2.23. The van der Waals surface area contributed by atoms with Gasteiger partial charge in [0, 0.05) is 18.7 Å². The Morgan fingerprint density at radius 2 is 1.90 bits per heavy atom. The average molecular weight is 436 g/mol. The molecule has 0 aliphatic carbocycles. The summed E-state index contributed by atoms with van der Waals surface area (Å²) in [4.78, 5) is 10.2. The van der Waals surface area contributed by atoms with Crippen molar-refractivity contribution in [3.05, 3.63) is 70.3 Å². The first kappa shape index (κ1) is 22.1. The van der Waals surface area contributed by atoms with E-state index in [0.717, 1.165) is 17.2 Å². The molecule has 0 fully saturated rings. The van der Waals surface area contributed by atoms with Gasteiger partial charge in [0.1, 0.15) is 4.90 Å². The highest BCUT2D eigenvalue weighted by atomic mass is 32.2. The van der Waals surface area contributed by atoms with Crippen molar-refractivity contribution in [2.24, 2.45) is 0 Å². The van der Waals surface area contributed by atoms with Crippen LogP contribution in [0.25, 0.3) is 0 Å². The largest absolute Gasteiger partial charge is 0.358 e. The van der Waals surface area contributed by atoms with Crippen LogP contribution in [0.2, 0.25) is 0 Å². The Bertz CT molecular complexity index is 1050. The van der Waals surface area contributed by atoms with Gasteiger partial charge in [-0.05, 0) is 43.8 Å². The van der Waals surface area contributed by atoms with Crippen LogP contribution in [0.5, 0.6) is 0 Å². The van der Waals surface area contributed by atoms with Gasteiger partial charge in [-0.3, -0.25) is 25.7 Å². The average Bonchev–Trinajstić information content (AvgIpc) is 2.66. The van der Waals surface area contributed by atoms with E-state index in [1.165, 1.54) is 12.1 Å². The molecule has 0 unspecified atom stereocenters. The van der Waals surface area contributed by atoms with Crippen molar-refractivity contribution in [2.75, 3.05) is 16.7 Å². The van der Waals surface area contributed by atoms with Crippen molar-refractivity contribution in [3.63, 3.8) is 0 Å². The second kappa shape index (κ2) is 9.34. The predicted octanol–water partition coefficient (Wildman–Crippen LogP) is 2.99. The lowest BCUT2D eigenvalue weighted by molar-refractivity contribution is -0.385. The van der Waals surface area contributed by atoms with Gasteiger partial charge in [0.15, 0.2) is 5.11 Å². The molecule has 2 rings (SSSR count). The van der Waals surface area contributed by atoms with Crippen molar-refractivity contribution < 1.29 is 13.3 Å². The van der Waals surface area contributed by atoms with E-state index in [4.69, 9.17) is 12.2 Å². The van der Waals surface area contributed by atoms with Crippen LogP contribution in [0.15, 0.2) is 53.9 Å². The normalized spacial score (nSPS) is 10.7. The van der Waals surface area contributed by atoms with E-state index in [1.807, 2.05) is 13.0 Å². The Hall–Kier alpha value is -3.18. The minimum Gasteiger partial charge on any atom is -0.358 e. The van der Waals surface area contributed by atoms with Crippen molar-refractivity contribution >= 4 is 44.4 Å². The summed E-state index contributed by atoms with van der Waals surface area (Å²) in [7, 11) is -4.14. The van der Waals surface area contributed by atoms with Crippen molar-refractivity contribution in [1.29, 1.82) is 0 Å². The Morgan fingerprint density at radius 3 is 2.52 bits per heavy atom. The van der Waals surface area contributed by atoms with Gasteiger partial charge in [0.05, 0.1) is 16.3 Å². The van der Waals surface area contributed by atoms with Gasteiger partial charge in [0.2, 0.25) is 0 Å². The van der Waals surface area contributed by atoms with Crippen LogP contribution in [0.4, 0.5) is 17.1 Å². The minimum atomic E-state index is -4.14. The van der Waals surface area contributed by atoms with Crippen molar-refractivity contribution in [3.8, 4) is 0 Å². The molecule has 0 atom stereocenters. The third-order valence-electron chi connectivity index (χ3n) is 3.81. The number of sulfonamides is 1. The molecule has 0 bridgehead atoms. The van der Waals surface area contributed by atoms with Gasteiger partial charge in [-0.2, -0.15) is 0 Å². The molecule has 4 N–H and O–H groups in total. The summed E-state index contributed by atoms with van der Waals surface area (Å²) in [6, 6.07) is 8.70. The Labute approximate surface area is 174 Å². The van der Waals surface area contributed by atoms with Crippen molar-refractivity contribution in [2.45, 2.75) is 18.7 Å². The summed E-state index contributed by atoms with van der Waals surface area (Å²) in [5.41, 5.74) is 7.13. The number of hydrazine groups is 1. The van der Waals surface area contributed by atoms with Crippen LogP contribution in [0, 0.1) is 24.0 Å². The number of thiocarbonyl (C=S) groups is 1. The highest BCUT2D eigenvalue weighted by Crippen LogP contribution is 2.29. The molecule has 0 saturated carbocycles. The molecule has 29 heavy (non-hydrogen) atoms. The van der Waals surface area contributed by atoms with Crippen molar-refractivity contribution in [1.82, 2.24) is 10.7 Å². The summed E-state index contributed by atoms with van der Waals surface area (Å²) in [5, 5.41) is 14.2. The first-order valence-corrected chi connectivity index (χ1v) is 10.3. The van der Waals surface area contributed by atoms with Gasteiger partial charge < -0.3 is 5.32 Å². The molecule has 0 aliphatic heterocycles. The maximum Gasteiger partial charge on any atom is 0.270 e. The molecule has 0 amide bonds. The quantitative estimate of drug-likeness (QED) is 0.216. The fourth-order valence-corrected chi connectivity index (χ4v) is 3.86. The summed E-state index contributed by atoms with van der Waals surface area (Å²) in [6.45, 7) is 7.62. The predicted molar refractivity (Wildman–Crippen MR) is 117 cm³/mol. The van der Waals surface area contributed by atoms with Gasteiger partial charge in [-0.15, -0.1) is 6.58 Å². The molecule has 9 nitrogen and oxygen atoms in total. The highest BCUT2D eigenvalue weighted by molar-refractivity contribution is 7.93. The molecule has 11 heteroatoms. The molecule has 0 heterocycles. The fourth-order valence-electron chi connectivity index (χ4n) is 2.41. The van der Waals surface area contributed by atoms with E-state index in [9.17, 15) is 18.5 Å². The smallest absolute Gasteiger partial charge is 0.270 e. The number of nitrogens with one attached hydrogen (secondary N) is 4. The van der Waals surface area contributed by atoms with Crippen LogP contribution >= 0.6 is 12.2 Å². The minimum absolute atomic E-state index is 0.0932. The first-order valence-electron chi connectivity index (χ1n) is 8.43. The third kappa shape index (κ3) is 5.90. The van der Waals surface area contributed by atoms with E-state index < -0.39 is 14.9 Å². The molecular weight excluding hydrogens is 414 g/mol. The molecule has 2 aromatic rings. The van der Waals surface area contributed by atoms with Gasteiger partial charge in [0.25, 0.3) is 15.7 Å². The standard InChI is InChI=1S/C18H21N5O4S2/c1-4-9-19-18(28)21-20-16-8-6-14(23(24)25)11-17(16)29(26,27)22-15-7-5-12(2)10-13(15)3/h4-8,10-11,20,22H,1,9H2,2-3H3,(H2,19,21,28). The molecule has 0 aliphatic rings. The zero-order valence-electron chi connectivity index (χ0n) is 15.9. The lowest BCUT2D eigenvalue weighted by Gasteiger charge is -2.16. The zero-order chi connectivity index (χ0) is 21.6. The summed E-state index contributed by atoms with van der Waals surface area (Å²) in [6.07, 6.45) is 1.60. The number of nitrogens with zero attached hydrogens (tertiary/aromatic N) is 1. The monoisotopic (exact) mass is 435 g/mol. The zero-order valence-corrected chi connectivity index (χ0v) is 17.5. The lowest BCUT2D eigenvalue weighted by atomic mass is 10.1. The van der Waals surface area contributed by atoms with E-state index in [0.29, 0.717) is 12.2 Å². The van der Waals surface area contributed by atoms with Gasteiger partial charge in [-0.25, -0.2) is 8.42 Å². The third-order valence-corrected chi connectivity index (χ3v) is 5.46. The van der Waals surface area contributed by atoms with E-state index >= 15 is 0 Å². The molecule has 0 aromatic heterocycles. The number of rotatable bonds is 8. The van der Waals surface area contributed by atoms with Crippen LogP contribution in [0.1, 0.15) is 11.1 Å². The van der Waals surface area contributed by atoms with Crippen LogP contribution < -0.4 is 20.9 Å². The summed E-state index contributed by atoms with van der Waals surface area (Å²) in [5.74, 6) is 0. The number of nitro groups is 1. The molecule has 0 radical (unpaired) electrons. The number of benzene rings is 2. The molecule has 2 aromatic carbocycles. The fraction of sp³-hybridized carbons (Fsp3) is 0.167. The molecule has 0 spiro atoms. The number of non-ortho nitro benzene ring substituents is 1. The summed E-state index contributed by atoms with van der Waals surface area (Å²) < 4.78 is 28.5. The van der Waals surface area contributed by atoms with Gasteiger partial charge in [-0.1, -0.05) is 23.8 Å². The second-order valence-electron chi connectivity index (χ2n) is 6.11. The number of anilines is 2. The summed E-state index contributed by atoms with van der Waals surface area (Å²) >= 11 is 5.05. The van der Waals surface area contributed by atoms with E-state index in [1.54, 1.807) is 25.1 Å². The number of hydrogen-bond acceptors (Lipinski definition) is 6. The topological polar surface area (TPSA) is 125 Å². The van der Waals surface area contributed by atoms with Gasteiger partial charge >= 0.3 is 0 Å². The molecule has 154 valence electrons. The maximum atomic E-state index is 13.0. The van der Waals surface area contributed by atoms with E-state index in [-0.39, 0.29) is 21.4 Å². The lowest BCUT2D eigenvalue weighted by Crippen LogP contribution is -2.39. The van der Waals surface area contributed by atoms with Crippen LogP contribution in [0.3, 0.4) is 0 Å². The Balaban J connectivity index is 2.38. The first-order chi connectivity index (χ1) is 13.6. The second-order valence-corrected chi connectivity index (χ2v) is 8.17. The number of hydrogen-bond donors (Lipinski definition) is 4. The molecule has 0 saturated heterocycles. The SMILES string of the molecule is C=CCNC(=S)NNc1ccc([N+](=O)[O-])cc1S(=O)(=O)Nc1ccc(C)cc1C. The Morgan fingerprint density at radius 1 is 1.21 bits per heavy atom. The number of nitro benzene ring substituents is 1. The Kier molecular flexibility index (Phi) is 7.13.